The number of nitrogens with zero attached hydrogens (tertiary/aromatic N) is 2. The average Bonchev–Trinajstić information content (AvgIpc) is 2.63. The molecule has 7 nitrogen and oxygen atoms in total. The number of nitrogens with two attached hydrogens (primary N) is 1. The fourth-order valence-corrected chi connectivity index (χ4v) is 3.72. The van der Waals surface area contributed by atoms with Crippen molar-refractivity contribution in [3.05, 3.63) is 53.0 Å². The lowest BCUT2D eigenvalue weighted by Crippen LogP contribution is -2.36. The monoisotopic (exact) mass is 392 g/mol. The van der Waals surface area contributed by atoms with Crippen LogP contribution in [0.4, 0.5) is 15.9 Å². The second-order valence-corrected chi connectivity index (χ2v) is 8.62. The Kier molecular flexibility index (Phi) is 5.43. The molecule has 1 fully saturated rings. The summed E-state index contributed by atoms with van der Waals surface area (Å²) in [5.74, 6) is -0.426. The fourth-order valence-electron chi connectivity index (χ4n) is 2.94. The highest BCUT2D eigenvalue weighted by Gasteiger charge is 2.18. The Morgan fingerprint density at radius 2 is 2.04 bits per heavy atom. The molecule has 1 aliphatic rings. The third-order valence-corrected chi connectivity index (χ3v) is 5.11. The van der Waals surface area contributed by atoms with Gasteiger partial charge in [0.05, 0.1) is 24.7 Å². The van der Waals surface area contributed by atoms with Crippen molar-refractivity contribution in [2.45, 2.75) is 5.75 Å². The average molecular weight is 392 g/mol. The van der Waals surface area contributed by atoms with Gasteiger partial charge in [0.15, 0.2) is 9.84 Å². The molecule has 2 aromatic rings. The maximum atomic E-state index is 14.1. The van der Waals surface area contributed by atoms with Crippen molar-refractivity contribution >= 4 is 27.1 Å². The van der Waals surface area contributed by atoms with Crippen molar-refractivity contribution in [1.29, 1.82) is 5.41 Å². The molecule has 1 aromatic carbocycles. The summed E-state index contributed by atoms with van der Waals surface area (Å²) in [5, 5.41) is 8.50. The number of morpholine rings is 1. The highest BCUT2D eigenvalue weighted by molar-refractivity contribution is 7.89. The Hall–Kier alpha value is -2.52. The summed E-state index contributed by atoms with van der Waals surface area (Å²) in [6.45, 7) is 2.65. The van der Waals surface area contributed by atoms with E-state index in [9.17, 15) is 12.8 Å². The van der Waals surface area contributed by atoms with Gasteiger partial charge < -0.3 is 15.4 Å². The van der Waals surface area contributed by atoms with Gasteiger partial charge in [-0.25, -0.2) is 17.8 Å². The Labute approximate surface area is 157 Å². The van der Waals surface area contributed by atoms with Gasteiger partial charge in [0.2, 0.25) is 0 Å². The normalized spacial score (nSPS) is 15.0. The molecule has 0 amide bonds. The molecule has 9 heteroatoms. The van der Waals surface area contributed by atoms with Crippen molar-refractivity contribution in [2.75, 3.05) is 43.2 Å². The molecule has 0 unspecified atom stereocenters. The van der Waals surface area contributed by atoms with Gasteiger partial charge in [0.1, 0.15) is 11.6 Å². The molecule has 144 valence electrons. The van der Waals surface area contributed by atoms with Crippen LogP contribution >= 0.6 is 0 Å². The number of benzene rings is 1. The number of nitrogens with one attached hydrogen (secondary N) is 1. The van der Waals surface area contributed by atoms with E-state index in [-0.39, 0.29) is 22.5 Å². The van der Waals surface area contributed by atoms with E-state index in [2.05, 4.69) is 9.88 Å². The molecule has 1 aromatic heterocycles. The van der Waals surface area contributed by atoms with Crippen LogP contribution in [0.15, 0.2) is 30.5 Å². The quantitative estimate of drug-likeness (QED) is 0.591. The van der Waals surface area contributed by atoms with E-state index in [1.807, 2.05) is 0 Å². The van der Waals surface area contributed by atoms with Crippen LogP contribution in [-0.2, 0) is 20.3 Å². The van der Waals surface area contributed by atoms with Crippen LogP contribution < -0.4 is 10.6 Å². The Bertz CT molecular complexity index is 973. The number of anilines is 2. The van der Waals surface area contributed by atoms with Crippen molar-refractivity contribution in [1.82, 2.24) is 4.98 Å². The van der Waals surface area contributed by atoms with Gasteiger partial charge in [-0.15, -0.1) is 0 Å². The van der Waals surface area contributed by atoms with Crippen LogP contribution in [0.3, 0.4) is 0 Å². The third kappa shape index (κ3) is 4.61. The number of rotatable bonds is 5. The summed E-state index contributed by atoms with van der Waals surface area (Å²) in [6.07, 6.45) is 2.64. The van der Waals surface area contributed by atoms with Crippen LogP contribution in [0, 0.1) is 11.2 Å². The largest absolute Gasteiger partial charge is 0.398 e. The zero-order valence-corrected chi connectivity index (χ0v) is 15.7. The summed E-state index contributed by atoms with van der Waals surface area (Å²) in [4.78, 5) is 6.40. The van der Waals surface area contributed by atoms with Gasteiger partial charge in [0, 0.05) is 47.9 Å². The molecule has 1 saturated heterocycles. The van der Waals surface area contributed by atoms with E-state index >= 15 is 0 Å². The van der Waals surface area contributed by atoms with Crippen molar-refractivity contribution in [3.8, 4) is 0 Å². The molecule has 3 N–H and O–H groups in total. The Balaban J connectivity index is 1.94. The number of aromatic nitrogens is 1. The van der Waals surface area contributed by atoms with Crippen LogP contribution in [0.2, 0.25) is 0 Å². The van der Waals surface area contributed by atoms with Gasteiger partial charge in [-0.05, 0) is 24.3 Å². The number of hydrogen-bond acceptors (Lipinski definition) is 7. The molecule has 2 heterocycles. The predicted molar refractivity (Wildman–Crippen MR) is 103 cm³/mol. The highest BCUT2D eigenvalue weighted by atomic mass is 32.2. The molecule has 3 rings (SSSR count). The Morgan fingerprint density at radius 3 is 2.70 bits per heavy atom. The maximum absolute atomic E-state index is 14.1. The lowest BCUT2D eigenvalue weighted by atomic mass is 9.99. The summed E-state index contributed by atoms with van der Waals surface area (Å²) < 4.78 is 42.5. The van der Waals surface area contributed by atoms with Gasteiger partial charge in [0.25, 0.3) is 0 Å². The molecule has 0 bridgehead atoms. The predicted octanol–water partition coefficient (Wildman–Crippen LogP) is 1.60. The van der Waals surface area contributed by atoms with Crippen LogP contribution in [0.1, 0.15) is 16.7 Å². The minimum absolute atomic E-state index is 0.00564. The lowest BCUT2D eigenvalue weighted by Gasteiger charge is -2.28. The van der Waals surface area contributed by atoms with Crippen molar-refractivity contribution in [3.63, 3.8) is 0 Å². The first-order valence-electron chi connectivity index (χ1n) is 8.38. The standard InChI is InChI=1S/C18H21FN4O3S/c1-27(24,25)11-13-8-14(16(20)10-15(13)19)18(21)12-2-3-22-17(9-12)23-4-6-26-7-5-23/h2-3,8-10,21H,4-7,11,20H2,1H3. The minimum atomic E-state index is -3.42. The summed E-state index contributed by atoms with van der Waals surface area (Å²) in [5.41, 5.74) is 6.91. The second-order valence-electron chi connectivity index (χ2n) is 6.48. The van der Waals surface area contributed by atoms with E-state index in [1.165, 1.54) is 6.07 Å². The molecular weight excluding hydrogens is 371 g/mol. The number of hydrogen-bond donors (Lipinski definition) is 2. The van der Waals surface area contributed by atoms with E-state index in [0.717, 1.165) is 18.1 Å². The first-order valence-corrected chi connectivity index (χ1v) is 10.4. The van der Waals surface area contributed by atoms with Gasteiger partial charge in [-0.3, -0.25) is 5.41 Å². The number of pyridine rings is 1. The molecule has 0 aliphatic carbocycles. The molecular formula is C18H21FN4O3S. The summed E-state index contributed by atoms with van der Waals surface area (Å²) >= 11 is 0. The van der Waals surface area contributed by atoms with Crippen molar-refractivity contribution in [2.24, 2.45) is 0 Å². The van der Waals surface area contributed by atoms with Crippen LogP contribution in [0.25, 0.3) is 0 Å². The minimum Gasteiger partial charge on any atom is -0.398 e. The smallest absolute Gasteiger partial charge is 0.151 e. The molecule has 1 aliphatic heterocycles. The van der Waals surface area contributed by atoms with Crippen molar-refractivity contribution < 1.29 is 17.5 Å². The summed E-state index contributed by atoms with van der Waals surface area (Å²) in [6, 6.07) is 5.84. The number of ether oxygens (including phenoxy) is 1. The number of halogens is 1. The first-order chi connectivity index (χ1) is 12.7. The number of sulfone groups is 1. The highest BCUT2D eigenvalue weighted by Crippen LogP contribution is 2.24. The molecule has 27 heavy (non-hydrogen) atoms. The van der Waals surface area contributed by atoms with E-state index < -0.39 is 21.4 Å². The van der Waals surface area contributed by atoms with E-state index in [4.69, 9.17) is 15.9 Å². The first kappa shape index (κ1) is 19.2. The van der Waals surface area contributed by atoms with Gasteiger partial charge in [-0.1, -0.05) is 0 Å². The molecule has 0 spiro atoms. The second kappa shape index (κ2) is 7.61. The summed E-state index contributed by atoms with van der Waals surface area (Å²) in [7, 11) is -3.42. The maximum Gasteiger partial charge on any atom is 0.151 e. The molecule has 0 atom stereocenters. The topological polar surface area (TPSA) is 109 Å². The fraction of sp³-hybridized carbons (Fsp3) is 0.333. The molecule has 0 saturated carbocycles. The van der Waals surface area contributed by atoms with Gasteiger partial charge in [-0.2, -0.15) is 0 Å². The molecule has 0 radical (unpaired) electrons. The zero-order valence-electron chi connectivity index (χ0n) is 14.9. The SMILES string of the molecule is CS(=O)(=O)Cc1cc(C(=N)c2ccnc(N3CCOCC3)c2)c(N)cc1F. The van der Waals surface area contributed by atoms with E-state index in [0.29, 0.717) is 31.9 Å². The third-order valence-electron chi connectivity index (χ3n) is 4.27. The van der Waals surface area contributed by atoms with E-state index in [1.54, 1.807) is 18.3 Å². The Morgan fingerprint density at radius 1 is 1.33 bits per heavy atom. The van der Waals surface area contributed by atoms with Crippen LogP contribution in [0.5, 0.6) is 0 Å². The lowest BCUT2D eigenvalue weighted by molar-refractivity contribution is 0.122. The van der Waals surface area contributed by atoms with Gasteiger partial charge >= 0.3 is 0 Å². The van der Waals surface area contributed by atoms with Crippen LogP contribution in [-0.4, -0.2) is 51.7 Å². The zero-order chi connectivity index (χ0) is 19.6. The number of nitrogen functional groups attached to an aromatic ring is 1.